The molecule has 2 aliphatic rings. The maximum absolute atomic E-state index is 13.1. The lowest BCUT2D eigenvalue weighted by Crippen LogP contribution is -2.61. The highest BCUT2D eigenvalue weighted by Crippen LogP contribution is 2.26. The molecule has 0 aliphatic carbocycles. The number of carbonyl (C=O) groups is 1. The lowest BCUT2D eigenvalue weighted by atomic mass is 9.98. The van der Waals surface area contributed by atoms with E-state index < -0.39 is 86.7 Å². The van der Waals surface area contributed by atoms with Gasteiger partial charge in [0.2, 0.25) is 0 Å². The van der Waals surface area contributed by atoms with Crippen LogP contribution in [-0.2, 0) is 33.2 Å². The summed E-state index contributed by atoms with van der Waals surface area (Å²) < 4.78 is 34.4. The number of ether oxygens (including phenoxy) is 6. The van der Waals surface area contributed by atoms with Gasteiger partial charge in [-0.15, -0.1) is 0 Å². The van der Waals surface area contributed by atoms with Gasteiger partial charge in [-0.1, -0.05) is 205 Å². The van der Waals surface area contributed by atoms with Crippen LogP contribution in [0.25, 0.3) is 0 Å². The molecule has 11 unspecified atom stereocenters. The molecule has 2 saturated heterocycles. The predicted molar refractivity (Wildman–Crippen MR) is 334 cm³/mol. The molecule has 11 atom stereocenters. The van der Waals surface area contributed by atoms with Crippen molar-refractivity contribution in [1.82, 2.24) is 0 Å². The second-order valence-corrected chi connectivity index (χ2v) is 21.1. The summed E-state index contributed by atoms with van der Waals surface area (Å²) in [6.45, 7) is 3.36. The fraction of sp³-hybridized carbons (Fsp3) is 0.638. The van der Waals surface area contributed by atoms with Gasteiger partial charge in [0, 0.05) is 13.0 Å². The molecule has 2 aliphatic heterocycles. The average molecular weight is 1160 g/mol. The molecule has 0 amide bonds. The van der Waals surface area contributed by atoms with Crippen LogP contribution in [0.2, 0.25) is 0 Å². The maximum Gasteiger partial charge on any atom is 0.306 e. The highest BCUT2D eigenvalue weighted by Gasteiger charge is 2.47. The van der Waals surface area contributed by atoms with Crippen LogP contribution in [0, 0.1) is 0 Å². The molecule has 2 rings (SSSR count). The summed E-state index contributed by atoms with van der Waals surface area (Å²) in [6.07, 6.45) is 61.8. The van der Waals surface area contributed by atoms with E-state index in [1.54, 1.807) is 0 Å². The number of carbonyl (C=O) groups excluding carboxylic acids is 1. The number of hydrogen-bond donors (Lipinski definition) is 7. The number of unbranched alkanes of at least 4 members (excludes halogenated alkanes) is 11. The highest BCUT2D eigenvalue weighted by molar-refractivity contribution is 5.69. The predicted octanol–water partition coefficient (Wildman–Crippen LogP) is 12.4. The molecule has 0 aromatic rings. The minimum absolute atomic E-state index is 0.0281. The fourth-order valence-electron chi connectivity index (χ4n) is 8.88. The molecule has 83 heavy (non-hydrogen) atoms. The van der Waals surface area contributed by atoms with E-state index in [-0.39, 0.29) is 19.6 Å². The Labute approximate surface area is 500 Å². The molecule has 14 nitrogen and oxygen atoms in total. The first-order valence-corrected chi connectivity index (χ1v) is 31.4. The van der Waals surface area contributed by atoms with Crippen LogP contribution in [0.1, 0.15) is 181 Å². The van der Waals surface area contributed by atoms with E-state index in [9.17, 15) is 40.5 Å². The second kappa shape index (κ2) is 53.3. The van der Waals surface area contributed by atoms with Crippen molar-refractivity contribution in [2.75, 3.05) is 33.0 Å². The van der Waals surface area contributed by atoms with E-state index in [1.165, 1.54) is 6.42 Å². The first-order valence-electron chi connectivity index (χ1n) is 31.4. The zero-order chi connectivity index (χ0) is 60.1. The fourth-order valence-corrected chi connectivity index (χ4v) is 8.88. The van der Waals surface area contributed by atoms with Crippen LogP contribution >= 0.6 is 0 Å². The quantitative estimate of drug-likeness (QED) is 0.0172. The lowest BCUT2D eigenvalue weighted by molar-refractivity contribution is -0.332. The van der Waals surface area contributed by atoms with E-state index in [4.69, 9.17) is 28.4 Å². The average Bonchev–Trinajstić information content (AvgIpc) is 3.69. The molecule has 0 aromatic heterocycles. The summed E-state index contributed by atoms with van der Waals surface area (Å²) in [7, 11) is 0. The molecule has 2 fully saturated rings. The summed E-state index contributed by atoms with van der Waals surface area (Å²) in [5.41, 5.74) is 0. The van der Waals surface area contributed by atoms with Gasteiger partial charge in [-0.3, -0.25) is 4.79 Å². The molecular weight excluding hydrogens is 1050 g/mol. The van der Waals surface area contributed by atoms with Gasteiger partial charge in [0.05, 0.1) is 26.4 Å². The van der Waals surface area contributed by atoms with E-state index >= 15 is 0 Å². The van der Waals surface area contributed by atoms with Gasteiger partial charge in [-0.25, -0.2) is 0 Å². The topological polar surface area (TPSA) is 214 Å². The van der Waals surface area contributed by atoms with Gasteiger partial charge in [0.15, 0.2) is 12.6 Å². The van der Waals surface area contributed by atoms with Crippen LogP contribution in [-0.4, -0.2) is 142 Å². The third kappa shape index (κ3) is 39.2. The standard InChI is InChI=1S/C69H110O14/c1-3-5-7-9-11-13-15-17-19-21-23-25-27-28-29-31-33-35-37-39-41-43-45-47-49-51-53-78-55-58(56-79-68-67(77)65(75)63(73)60(83-68)57-80-69-66(76)64(74)62(72)59(54-70)82-69)81-61(71)52-50-48-46-44-42-40-38-36-34-32-30-26-24-22-20-18-16-14-12-10-8-6-4-2/h5-8,11-14,17-20,23-26,28-29,32-35,39,41,58-60,62-70,72-77H,3-4,9-10,15-16,21-22,27,30-31,36-38,40,42-57H2,1-2H3/b7-5-,8-6-,13-11-,14-12-,19-17-,20-18-,25-23-,26-24-,29-28-,34-32-,35-33-,41-39-. The Morgan fingerprint density at radius 2 is 0.747 bits per heavy atom. The first-order chi connectivity index (χ1) is 40.6. The third-order valence-electron chi connectivity index (χ3n) is 13.8. The number of aliphatic hydroxyl groups excluding tert-OH is 7. The molecule has 470 valence electrons. The van der Waals surface area contributed by atoms with E-state index in [1.807, 2.05) is 0 Å². The molecule has 0 saturated carbocycles. The molecule has 7 N–H and O–H groups in total. The van der Waals surface area contributed by atoms with Crippen molar-refractivity contribution in [1.29, 1.82) is 0 Å². The molecule has 14 heteroatoms. The Kier molecular flexibility index (Phi) is 48.2. The molecular formula is C69H110O14. The van der Waals surface area contributed by atoms with E-state index in [2.05, 4.69) is 160 Å². The van der Waals surface area contributed by atoms with Crippen molar-refractivity contribution >= 4 is 5.97 Å². The molecule has 0 spiro atoms. The van der Waals surface area contributed by atoms with Crippen LogP contribution in [0.5, 0.6) is 0 Å². The summed E-state index contributed by atoms with van der Waals surface area (Å²) in [5.74, 6) is -0.403. The Morgan fingerprint density at radius 1 is 0.398 bits per heavy atom. The van der Waals surface area contributed by atoms with Crippen molar-refractivity contribution in [2.24, 2.45) is 0 Å². The largest absolute Gasteiger partial charge is 0.457 e. The Hall–Kier alpha value is -4.13. The smallest absolute Gasteiger partial charge is 0.306 e. The Morgan fingerprint density at radius 3 is 1.17 bits per heavy atom. The van der Waals surface area contributed by atoms with Crippen LogP contribution in [0.3, 0.4) is 0 Å². The number of esters is 1. The summed E-state index contributed by atoms with van der Waals surface area (Å²) >= 11 is 0. The minimum Gasteiger partial charge on any atom is -0.457 e. The third-order valence-corrected chi connectivity index (χ3v) is 13.8. The van der Waals surface area contributed by atoms with Gasteiger partial charge in [-0.2, -0.15) is 0 Å². The normalized spacial score (nSPS) is 24.4. The zero-order valence-electron chi connectivity index (χ0n) is 50.6. The number of allylic oxidation sites excluding steroid dienone is 24. The molecule has 0 bridgehead atoms. The molecule has 2 heterocycles. The van der Waals surface area contributed by atoms with Crippen LogP contribution in [0.4, 0.5) is 0 Å². The van der Waals surface area contributed by atoms with E-state index in [0.29, 0.717) is 13.0 Å². The highest BCUT2D eigenvalue weighted by atomic mass is 16.7. The van der Waals surface area contributed by atoms with Crippen molar-refractivity contribution in [3.05, 3.63) is 146 Å². The Bertz CT molecular complexity index is 1930. The summed E-state index contributed by atoms with van der Waals surface area (Å²) in [4.78, 5) is 13.1. The summed E-state index contributed by atoms with van der Waals surface area (Å²) in [5, 5.41) is 72.5. The lowest BCUT2D eigenvalue weighted by Gasteiger charge is -2.42. The number of hydrogen-bond acceptors (Lipinski definition) is 14. The zero-order valence-corrected chi connectivity index (χ0v) is 50.6. The van der Waals surface area contributed by atoms with Gasteiger partial charge in [0.1, 0.15) is 54.9 Å². The van der Waals surface area contributed by atoms with E-state index in [0.717, 1.165) is 148 Å². The first kappa shape index (κ1) is 75.0. The molecule has 0 radical (unpaired) electrons. The minimum atomic E-state index is -1.73. The maximum atomic E-state index is 13.1. The van der Waals surface area contributed by atoms with Crippen LogP contribution in [0.15, 0.2) is 146 Å². The Balaban J connectivity index is 1.72. The van der Waals surface area contributed by atoms with Gasteiger partial charge in [0.25, 0.3) is 0 Å². The van der Waals surface area contributed by atoms with Crippen molar-refractivity contribution in [3.63, 3.8) is 0 Å². The number of rotatable bonds is 49. The number of aliphatic hydroxyl groups is 7. The van der Waals surface area contributed by atoms with Crippen molar-refractivity contribution in [2.45, 2.75) is 248 Å². The second-order valence-electron chi connectivity index (χ2n) is 21.1. The van der Waals surface area contributed by atoms with Gasteiger partial charge >= 0.3 is 5.97 Å². The van der Waals surface area contributed by atoms with Crippen molar-refractivity contribution < 1.29 is 69.0 Å². The van der Waals surface area contributed by atoms with Crippen molar-refractivity contribution in [3.8, 4) is 0 Å². The van der Waals surface area contributed by atoms with Gasteiger partial charge < -0.3 is 64.2 Å². The SMILES string of the molecule is CC/C=C\C/C=C\C/C=C\C/C=C\C/C=C\C/C=C\C/C=C\CCCCCCOCC(COC1OC(COC2OC(CO)C(O)C(O)C2O)C(O)C(O)C1O)OC(=O)CCCCCCCCC/C=C\C/C=C\C/C=C\C/C=C\C/C=C\CC. The summed E-state index contributed by atoms with van der Waals surface area (Å²) in [6, 6.07) is 0. The molecule has 0 aromatic carbocycles. The monoisotopic (exact) mass is 1160 g/mol. The van der Waals surface area contributed by atoms with Gasteiger partial charge in [-0.05, 0) is 116 Å². The van der Waals surface area contributed by atoms with Crippen LogP contribution < -0.4 is 0 Å².